The lowest BCUT2D eigenvalue weighted by molar-refractivity contribution is -0.120. The summed E-state index contributed by atoms with van der Waals surface area (Å²) in [7, 11) is 0. The Balaban J connectivity index is 2.14. The molecule has 88 valence electrons. The molecule has 15 heavy (non-hydrogen) atoms. The van der Waals surface area contributed by atoms with Gasteiger partial charge < -0.3 is 5.32 Å². The number of amides is 1. The second-order valence-corrected chi connectivity index (χ2v) is 5.81. The van der Waals surface area contributed by atoms with Gasteiger partial charge >= 0.3 is 0 Å². The van der Waals surface area contributed by atoms with Crippen LogP contribution < -0.4 is 5.32 Å². The number of unbranched alkanes of at least 4 members (excludes halogenated alkanes) is 1. The molecule has 0 radical (unpaired) electrons. The lowest BCUT2D eigenvalue weighted by Crippen LogP contribution is -2.37. The number of hydrogen-bond acceptors (Lipinski definition) is 2. The molecule has 0 aromatic carbocycles. The molecule has 0 spiro atoms. The van der Waals surface area contributed by atoms with E-state index in [2.05, 4.69) is 12.2 Å². The topological polar surface area (TPSA) is 29.1 Å². The molecule has 0 aromatic rings. The maximum Gasteiger partial charge on any atom is 0.233 e. The van der Waals surface area contributed by atoms with E-state index in [-0.39, 0.29) is 11.2 Å². The minimum Gasteiger partial charge on any atom is -0.352 e. The highest BCUT2D eigenvalue weighted by Crippen LogP contribution is 2.19. The van der Waals surface area contributed by atoms with Crippen molar-refractivity contribution in [3.05, 3.63) is 0 Å². The molecule has 0 heterocycles. The van der Waals surface area contributed by atoms with Crippen molar-refractivity contribution >= 4 is 17.7 Å². The molecule has 1 fully saturated rings. The third-order valence-corrected chi connectivity index (χ3v) is 4.17. The van der Waals surface area contributed by atoms with Crippen LogP contribution >= 0.6 is 11.8 Å². The third-order valence-electron chi connectivity index (χ3n) is 2.94. The number of carbonyl (C=O) groups is 1. The minimum absolute atomic E-state index is 0.122. The van der Waals surface area contributed by atoms with Crippen molar-refractivity contribution in [2.24, 2.45) is 0 Å². The Morgan fingerprint density at radius 3 is 2.73 bits per heavy atom. The van der Waals surface area contributed by atoms with Gasteiger partial charge in [-0.05, 0) is 31.9 Å². The van der Waals surface area contributed by atoms with Gasteiger partial charge in [0.1, 0.15) is 0 Å². The Morgan fingerprint density at radius 2 is 2.13 bits per heavy atom. The molecule has 1 atom stereocenters. The van der Waals surface area contributed by atoms with E-state index in [1.807, 2.05) is 6.92 Å². The molecule has 1 saturated carbocycles. The van der Waals surface area contributed by atoms with E-state index in [9.17, 15) is 4.79 Å². The predicted molar refractivity (Wildman–Crippen MR) is 67.2 cm³/mol. The molecule has 2 nitrogen and oxygen atoms in total. The van der Waals surface area contributed by atoms with Gasteiger partial charge in [-0.2, -0.15) is 0 Å². The maximum absolute atomic E-state index is 11.8. The molecule has 0 aromatic heterocycles. The summed E-state index contributed by atoms with van der Waals surface area (Å²) in [6, 6.07) is 0.465. The van der Waals surface area contributed by atoms with Crippen molar-refractivity contribution in [2.75, 3.05) is 5.75 Å². The molecule has 1 unspecified atom stereocenters. The largest absolute Gasteiger partial charge is 0.352 e. The fourth-order valence-corrected chi connectivity index (χ4v) is 2.90. The van der Waals surface area contributed by atoms with Crippen molar-refractivity contribution in [1.82, 2.24) is 5.32 Å². The van der Waals surface area contributed by atoms with Crippen molar-refractivity contribution in [3.63, 3.8) is 0 Å². The summed E-state index contributed by atoms with van der Waals surface area (Å²) < 4.78 is 0. The molecule has 1 rings (SSSR count). The Labute approximate surface area is 97.6 Å². The SMILES string of the molecule is CCCCSC(C)C(=O)NC1CCCC1. The summed E-state index contributed by atoms with van der Waals surface area (Å²) in [5, 5.41) is 3.27. The minimum atomic E-state index is 0.122. The van der Waals surface area contributed by atoms with Gasteiger partial charge in [-0.1, -0.05) is 26.2 Å². The van der Waals surface area contributed by atoms with E-state index < -0.39 is 0 Å². The summed E-state index contributed by atoms with van der Waals surface area (Å²) in [5.74, 6) is 1.35. The number of nitrogens with one attached hydrogen (secondary N) is 1. The van der Waals surface area contributed by atoms with Crippen molar-refractivity contribution < 1.29 is 4.79 Å². The Morgan fingerprint density at radius 1 is 1.47 bits per heavy atom. The number of hydrogen-bond donors (Lipinski definition) is 1. The maximum atomic E-state index is 11.8. The zero-order valence-corrected chi connectivity index (χ0v) is 10.7. The first-order chi connectivity index (χ1) is 7.24. The fraction of sp³-hybridized carbons (Fsp3) is 0.917. The van der Waals surface area contributed by atoms with Crippen molar-refractivity contribution in [3.8, 4) is 0 Å². The van der Waals surface area contributed by atoms with E-state index >= 15 is 0 Å². The summed E-state index contributed by atoms with van der Waals surface area (Å²) >= 11 is 1.78. The van der Waals surface area contributed by atoms with Crippen molar-refractivity contribution in [2.45, 2.75) is 63.7 Å². The highest BCUT2D eigenvalue weighted by Gasteiger charge is 2.20. The quantitative estimate of drug-likeness (QED) is 0.709. The van der Waals surface area contributed by atoms with Crippen LogP contribution in [0.2, 0.25) is 0 Å². The summed E-state index contributed by atoms with van der Waals surface area (Å²) in [6.45, 7) is 4.20. The van der Waals surface area contributed by atoms with Gasteiger partial charge in [-0.15, -0.1) is 11.8 Å². The van der Waals surface area contributed by atoms with Gasteiger partial charge in [0.2, 0.25) is 5.91 Å². The van der Waals surface area contributed by atoms with Gasteiger partial charge in [0.05, 0.1) is 5.25 Å². The number of rotatable bonds is 6. The van der Waals surface area contributed by atoms with Crippen LogP contribution in [-0.2, 0) is 4.79 Å². The summed E-state index contributed by atoms with van der Waals surface area (Å²) in [4.78, 5) is 11.8. The second kappa shape index (κ2) is 7.15. The number of carbonyl (C=O) groups excluding carboxylic acids is 1. The lowest BCUT2D eigenvalue weighted by atomic mass is 10.2. The first-order valence-electron chi connectivity index (χ1n) is 6.16. The molecule has 1 aliphatic rings. The van der Waals surface area contributed by atoms with Gasteiger partial charge in [-0.3, -0.25) is 4.79 Å². The Bertz CT molecular complexity index is 190. The van der Waals surface area contributed by atoms with E-state index in [4.69, 9.17) is 0 Å². The standard InChI is InChI=1S/C12H23NOS/c1-3-4-9-15-10(2)12(14)13-11-7-5-6-8-11/h10-11H,3-9H2,1-2H3,(H,13,14). The molecule has 0 bridgehead atoms. The smallest absolute Gasteiger partial charge is 0.233 e. The zero-order chi connectivity index (χ0) is 11.1. The number of thioether (sulfide) groups is 1. The molecular formula is C12H23NOS. The highest BCUT2D eigenvalue weighted by atomic mass is 32.2. The van der Waals surface area contributed by atoms with Crippen LogP contribution in [0.3, 0.4) is 0 Å². The first kappa shape index (κ1) is 12.9. The lowest BCUT2D eigenvalue weighted by Gasteiger charge is -2.16. The highest BCUT2D eigenvalue weighted by molar-refractivity contribution is 8.00. The van der Waals surface area contributed by atoms with Crippen LogP contribution in [0.4, 0.5) is 0 Å². The summed E-state index contributed by atoms with van der Waals surface area (Å²) in [5.41, 5.74) is 0. The normalized spacial score (nSPS) is 19.1. The molecule has 0 aliphatic heterocycles. The van der Waals surface area contributed by atoms with E-state index in [0.717, 1.165) is 5.75 Å². The first-order valence-corrected chi connectivity index (χ1v) is 7.21. The second-order valence-electron chi connectivity index (χ2n) is 4.36. The molecular weight excluding hydrogens is 206 g/mol. The summed E-state index contributed by atoms with van der Waals surface area (Å²) in [6.07, 6.45) is 7.34. The monoisotopic (exact) mass is 229 g/mol. The van der Waals surface area contributed by atoms with Gasteiger partial charge in [0.15, 0.2) is 0 Å². The fourth-order valence-electron chi connectivity index (χ4n) is 1.87. The van der Waals surface area contributed by atoms with Crippen LogP contribution in [0.1, 0.15) is 52.4 Å². The van der Waals surface area contributed by atoms with Crippen LogP contribution in [0.25, 0.3) is 0 Å². The Hall–Kier alpha value is -0.180. The van der Waals surface area contributed by atoms with Crippen LogP contribution in [0.5, 0.6) is 0 Å². The van der Waals surface area contributed by atoms with Crippen LogP contribution in [0.15, 0.2) is 0 Å². The average Bonchev–Trinajstić information content (AvgIpc) is 2.70. The van der Waals surface area contributed by atoms with Gasteiger partial charge in [0.25, 0.3) is 0 Å². The molecule has 1 aliphatic carbocycles. The van der Waals surface area contributed by atoms with Gasteiger partial charge in [0, 0.05) is 6.04 Å². The Kier molecular flexibility index (Phi) is 6.15. The average molecular weight is 229 g/mol. The molecule has 1 amide bonds. The molecule has 0 saturated heterocycles. The van der Waals surface area contributed by atoms with E-state index in [1.54, 1.807) is 11.8 Å². The van der Waals surface area contributed by atoms with Crippen LogP contribution in [-0.4, -0.2) is 23.0 Å². The van der Waals surface area contributed by atoms with Crippen LogP contribution in [0, 0.1) is 0 Å². The molecule has 3 heteroatoms. The van der Waals surface area contributed by atoms with Crippen molar-refractivity contribution in [1.29, 1.82) is 0 Å². The third kappa shape index (κ3) is 4.92. The van der Waals surface area contributed by atoms with E-state index in [0.29, 0.717) is 6.04 Å². The van der Waals surface area contributed by atoms with E-state index in [1.165, 1.54) is 38.5 Å². The predicted octanol–water partition coefficient (Wildman–Crippen LogP) is 2.97. The molecule has 1 N–H and O–H groups in total. The zero-order valence-electron chi connectivity index (χ0n) is 9.92. The van der Waals surface area contributed by atoms with Gasteiger partial charge in [-0.25, -0.2) is 0 Å².